The van der Waals surface area contributed by atoms with E-state index in [1.165, 1.54) is 0 Å². The molecule has 4 heterocycles. The largest absolute Gasteiger partial charge is 0.455 e. The standard InChI is InChI=1S/C49H29N5O2/c1-4-14-31(15-5-1)42-45-43(36-20-10-11-24-39(36)55-45)51-46(50-42)34-28-26-30(27-29-34)35-21-12-22-37-41-38(23-13-25-40(41)56-44(35)37)49-53-47(32-16-6-2-7-17-32)52-48(54-49)33-18-8-3-9-19-33/h1-29H. The van der Waals surface area contributed by atoms with Gasteiger partial charge in [-0.15, -0.1) is 0 Å². The number of hydrogen-bond donors (Lipinski definition) is 0. The zero-order chi connectivity index (χ0) is 37.0. The first-order chi connectivity index (χ1) is 27.7. The van der Waals surface area contributed by atoms with Crippen LogP contribution in [0.2, 0.25) is 0 Å². The van der Waals surface area contributed by atoms with Crippen molar-refractivity contribution >= 4 is 44.0 Å². The molecule has 7 heteroatoms. The van der Waals surface area contributed by atoms with Gasteiger partial charge in [-0.05, 0) is 23.8 Å². The molecular formula is C49H29N5O2. The summed E-state index contributed by atoms with van der Waals surface area (Å²) in [6, 6.07) is 58.8. The molecule has 0 radical (unpaired) electrons. The van der Waals surface area contributed by atoms with Gasteiger partial charge in [0.2, 0.25) is 0 Å². The van der Waals surface area contributed by atoms with Gasteiger partial charge >= 0.3 is 0 Å². The molecule has 0 saturated carbocycles. The molecule has 56 heavy (non-hydrogen) atoms. The lowest BCUT2D eigenvalue weighted by molar-refractivity contribution is 0.667. The fourth-order valence-corrected chi connectivity index (χ4v) is 7.50. The van der Waals surface area contributed by atoms with E-state index in [1.807, 2.05) is 127 Å². The second-order valence-electron chi connectivity index (χ2n) is 13.6. The minimum absolute atomic E-state index is 0.581. The second kappa shape index (κ2) is 13.0. The Bertz CT molecular complexity index is 3170. The average molecular weight is 720 g/mol. The lowest BCUT2D eigenvalue weighted by Gasteiger charge is -2.09. The van der Waals surface area contributed by atoms with Gasteiger partial charge in [-0.1, -0.05) is 158 Å². The highest BCUT2D eigenvalue weighted by atomic mass is 16.3. The predicted molar refractivity (Wildman–Crippen MR) is 223 cm³/mol. The van der Waals surface area contributed by atoms with Gasteiger partial charge in [0.1, 0.15) is 28.0 Å². The number of nitrogens with zero attached hydrogens (tertiary/aromatic N) is 5. The molecule has 0 saturated heterocycles. The fraction of sp³-hybridized carbons (Fsp3) is 0. The first-order valence-corrected chi connectivity index (χ1v) is 18.4. The number of fused-ring (bicyclic) bond motifs is 6. The van der Waals surface area contributed by atoms with Crippen molar-refractivity contribution in [1.82, 2.24) is 24.9 Å². The van der Waals surface area contributed by atoms with Crippen LogP contribution < -0.4 is 0 Å². The SMILES string of the molecule is c1ccc(-c2nc(-c3ccccc3)nc(-c3cccc4oc5c(-c6ccc(-c7nc(-c8ccccc8)c8oc9ccccc9c8n7)cc6)cccc5c34)n2)cc1. The van der Waals surface area contributed by atoms with Crippen LogP contribution in [0.3, 0.4) is 0 Å². The van der Waals surface area contributed by atoms with Crippen LogP contribution in [-0.4, -0.2) is 24.9 Å². The van der Waals surface area contributed by atoms with Crippen molar-refractivity contribution in [3.63, 3.8) is 0 Å². The summed E-state index contributed by atoms with van der Waals surface area (Å²) in [5, 5.41) is 2.89. The summed E-state index contributed by atoms with van der Waals surface area (Å²) in [7, 11) is 0. The Morgan fingerprint density at radius 2 is 0.804 bits per heavy atom. The van der Waals surface area contributed by atoms with Gasteiger partial charge in [-0.3, -0.25) is 0 Å². The third kappa shape index (κ3) is 5.33. The van der Waals surface area contributed by atoms with E-state index < -0.39 is 0 Å². The first-order valence-electron chi connectivity index (χ1n) is 18.4. The van der Waals surface area contributed by atoms with Crippen molar-refractivity contribution in [1.29, 1.82) is 0 Å². The molecule has 0 fully saturated rings. The molecule has 4 aromatic heterocycles. The summed E-state index contributed by atoms with van der Waals surface area (Å²) in [5.74, 6) is 2.43. The van der Waals surface area contributed by atoms with Gasteiger partial charge in [-0.2, -0.15) is 0 Å². The molecular weight excluding hydrogens is 691 g/mol. The first kappa shape index (κ1) is 31.7. The summed E-state index contributed by atoms with van der Waals surface area (Å²) in [4.78, 5) is 25.1. The van der Waals surface area contributed by atoms with E-state index in [1.54, 1.807) is 0 Å². The molecule has 11 rings (SSSR count). The Morgan fingerprint density at radius 3 is 1.52 bits per heavy atom. The third-order valence-electron chi connectivity index (χ3n) is 10.2. The van der Waals surface area contributed by atoms with Crippen molar-refractivity contribution in [2.45, 2.75) is 0 Å². The molecule has 7 aromatic carbocycles. The van der Waals surface area contributed by atoms with Gasteiger partial charge < -0.3 is 8.83 Å². The van der Waals surface area contributed by atoms with Gasteiger partial charge in [0, 0.05) is 49.5 Å². The normalized spacial score (nSPS) is 11.6. The molecule has 7 nitrogen and oxygen atoms in total. The summed E-state index contributed by atoms with van der Waals surface area (Å²) < 4.78 is 13.0. The number of aromatic nitrogens is 5. The monoisotopic (exact) mass is 719 g/mol. The minimum Gasteiger partial charge on any atom is -0.455 e. The topological polar surface area (TPSA) is 90.7 Å². The Morgan fingerprint density at radius 1 is 0.304 bits per heavy atom. The van der Waals surface area contributed by atoms with Crippen LogP contribution in [-0.2, 0) is 0 Å². The molecule has 0 aliphatic rings. The van der Waals surface area contributed by atoms with E-state index in [4.69, 9.17) is 33.8 Å². The van der Waals surface area contributed by atoms with Crippen molar-refractivity contribution in [2.24, 2.45) is 0 Å². The van der Waals surface area contributed by atoms with Crippen molar-refractivity contribution < 1.29 is 8.83 Å². The zero-order valence-corrected chi connectivity index (χ0v) is 29.8. The number of furan rings is 2. The highest BCUT2D eigenvalue weighted by molar-refractivity contribution is 6.15. The Balaban J connectivity index is 1.03. The van der Waals surface area contributed by atoms with E-state index in [0.717, 1.165) is 83.1 Å². The van der Waals surface area contributed by atoms with Crippen molar-refractivity contribution in [2.75, 3.05) is 0 Å². The fourth-order valence-electron chi connectivity index (χ4n) is 7.50. The number of hydrogen-bond acceptors (Lipinski definition) is 7. The Hall–Kier alpha value is -7.77. The smallest absolute Gasteiger partial charge is 0.180 e. The zero-order valence-electron chi connectivity index (χ0n) is 29.8. The van der Waals surface area contributed by atoms with Crippen LogP contribution in [0.25, 0.3) is 112 Å². The minimum atomic E-state index is 0.581. The Labute approximate surface area is 320 Å². The van der Waals surface area contributed by atoms with Gasteiger partial charge in [-0.25, -0.2) is 24.9 Å². The number of rotatable bonds is 6. The highest BCUT2D eigenvalue weighted by Gasteiger charge is 2.21. The average Bonchev–Trinajstić information content (AvgIpc) is 3.86. The summed E-state index contributed by atoms with van der Waals surface area (Å²) in [5.41, 5.74) is 11.1. The van der Waals surface area contributed by atoms with Crippen LogP contribution in [0.15, 0.2) is 185 Å². The van der Waals surface area contributed by atoms with Crippen LogP contribution in [0.4, 0.5) is 0 Å². The molecule has 0 aliphatic carbocycles. The molecule has 0 N–H and O–H groups in total. The quantitative estimate of drug-likeness (QED) is 0.169. The van der Waals surface area contributed by atoms with Crippen molar-refractivity contribution in [3.8, 4) is 67.9 Å². The third-order valence-corrected chi connectivity index (χ3v) is 10.2. The summed E-state index contributed by atoms with van der Waals surface area (Å²) in [6.07, 6.45) is 0. The van der Waals surface area contributed by atoms with Crippen LogP contribution in [0, 0.1) is 0 Å². The molecule has 0 aliphatic heterocycles. The van der Waals surface area contributed by atoms with Gasteiger partial charge in [0.25, 0.3) is 0 Å². The lowest BCUT2D eigenvalue weighted by Crippen LogP contribution is -2.00. The van der Waals surface area contributed by atoms with E-state index in [0.29, 0.717) is 28.9 Å². The predicted octanol–water partition coefficient (Wildman–Crippen LogP) is 12.5. The molecule has 11 aromatic rings. The van der Waals surface area contributed by atoms with E-state index in [-0.39, 0.29) is 0 Å². The van der Waals surface area contributed by atoms with Crippen LogP contribution in [0.5, 0.6) is 0 Å². The molecule has 0 amide bonds. The maximum absolute atomic E-state index is 6.68. The molecule has 0 spiro atoms. The second-order valence-corrected chi connectivity index (χ2v) is 13.6. The van der Waals surface area contributed by atoms with Crippen molar-refractivity contribution in [3.05, 3.63) is 176 Å². The maximum atomic E-state index is 6.68. The van der Waals surface area contributed by atoms with E-state index in [9.17, 15) is 0 Å². The highest BCUT2D eigenvalue weighted by Crippen LogP contribution is 2.41. The van der Waals surface area contributed by atoms with E-state index >= 15 is 0 Å². The summed E-state index contributed by atoms with van der Waals surface area (Å²) in [6.45, 7) is 0. The van der Waals surface area contributed by atoms with Crippen LogP contribution in [0.1, 0.15) is 0 Å². The van der Waals surface area contributed by atoms with Gasteiger partial charge in [0.05, 0.1) is 0 Å². The Kier molecular flexibility index (Phi) is 7.35. The van der Waals surface area contributed by atoms with Crippen LogP contribution >= 0.6 is 0 Å². The molecule has 0 atom stereocenters. The van der Waals surface area contributed by atoms with Gasteiger partial charge in [0.15, 0.2) is 28.9 Å². The number of benzene rings is 7. The number of para-hydroxylation sites is 2. The lowest BCUT2D eigenvalue weighted by atomic mass is 9.99. The molecule has 262 valence electrons. The molecule has 0 bridgehead atoms. The summed E-state index contributed by atoms with van der Waals surface area (Å²) >= 11 is 0. The van der Waals surface area contributed by atoms with E-state index in [2.05, 4.69) is 48.5 Å². The molecule has 0 unspecified atom stereocenters. The maximum Gasteiger partial charge on any atom is 0.180 e.